The number of anilines is 1. The molecule has 0 atom stereocenters. The van der Waals surface area contributed by atoms with E-state index < -0.39 is 15.8 Å². The van der Waals surface area contributed by atoms with Gasteiger partial charge >= 0.3 is 0 Å². The van der Waals surface area contributed by atoms with Crippen molar-refractivity contribution < 1.29 is 12.8 Å². The first-order valence-electron chi connectivity index (χ1n) is 5.04. The van der Waals surface area contributed by atoms with Gasteiger partial charge in [-0.2, -0.15) is 0 Å². The molecule has 0 radical (unpaired) electrons. The highest BCUT2D eigenvalue weighted by Crippen LogP contribution is 2.18. The molecule has 0 aliphatic heterocycles. The smallest absolute Gasteiger partial charge is 0.229 e. The minimum atomic E-state index is -3.43. The van der Waals surface area contributed by atoms with Gasteiger partial charge in [-0.25, -0.2) is 12.8 Å². The summed E-state index contributed by atoms with van der Waals surface area (Å²) in [5.74, 6) is -0.100. The third-order valence-electron chi connectivity index (χ3n) is 1.97. The van der Waals surface area contributed by atoms with Crippen LogP contribution in [0.4, 0.5) is 10.1 Å². The Morgan fingerprint density at radius 3 is 2.44 bits per heavy atom. The minimum Gasteiger partial charge on any atom is -0.281 e. The Labute approximate surface area is 95.7 Å². The van der Waals surface area contributed by atoms with E-state index in [-0.39, 0.29) is 5.69 Å². The molecule has 16 heavy (non-hydrogen) atoms. The van der Waals surface area contributed by atoms with Crippen molar-refractivity contribution in [3.63, 3.8) is 0 Å². The monoisotopic (exact) mass is 245 g/mol. The van der Waals surface area contributed by atoms with E-state index in [2.05, 4.69) is 4.72 Å². The number of halogens is 1. The highest BCUT2D eigenvalue weighted by atomic mass is 32.2. The summed E-state index contributed by atoms with van der Waals surface area (Å²) in [6, 6.07) is 4.55. The number of hydrogen-bond acceptors (Lipinski definition) is 2. The molecule has 0 fully saturated rings. The molecule has 0 unspecified atom stereocenters. The fraction of sp³-hybridized carbons (Fsp3) is 0.455. The zero-order chi connectivity index (χ0) is 12.3. The van der Waals surface area contributed by atoms with E-state index >= 15 is 0 Å². The molecule has 0 aliphatic carbocycles. The van der Waals surface area contributed by atoms with Crippen LogP contribution in [0.25, 0.3) is 0 Å². The molecular weight excluding hydrogens is 229 g/mol. The average Bonchev–Trinajstić information content (AvgIpc) is 2.06. The Balaban J connectivity index is 2.92. The fourth-order valence-corrected chi connectivity index (χ4v) is 2.00. The van der Waals surface area contributed by atoms with Gasteiger partial charge in [-0.3, -0.25) is 4.72 Å². The SMILES string of the molecule is CC(C)Cc1ccc(NS(C)(=O)=O)c(F)c1. The topological polar surface area (TPSA) is 46.2 Å². The second-order valence-corrected chi connectivity index (χ2v) is 6.03. The normalized spacial score (nSPS) is 11.8. The number of rotatable bonds is 4. The van der Waals surface area contributed by atoms with Crippen molar-refractivity contribution in [2.24, 2.45) is 5.92 Å². The molecule has 0 amide bonds. The van der Waals surface area contributed by atoms with Crippen molar-refractivity contribution >= 4 is 15.7 Å². The Morgan fingerprint density at radius 2 is 2.00 bits per heavy atom. The summed E-state index contributed by atoms with van der Waals surface area (Å²) >= 11 is 0. The van der Waals surface area contributed by atoms with Crippen LogP contribution < -0.4 is 4.72 Å². The van der Waals surface area contributed by atoms with Crippen LogP contribution in [0.15, 0.2) is 18.2 Å². The Kier molecular flexibility index (Phi) is 3.91. The highest BCUT2D eigenvalue weighted by Gasteiger charge is 2.08. The number of benzene rings is 1. The van der Waals surface area contributed by atoms with Gasteiger partial charge in [0.05, 0.1) is 11.9 Å². The summed E-state index contributed by atoms with van der Waals surface area (Å²) in [5.41, 5.74) is 0.863. The molecule has 90 valence electrons. The van der Waals surface area contributed by atoms with E-state index in [4.69, 9.17) is 0 Å². The van der Waals surface area contributed by atoms with Gasteiger partial charge in [0.25, 0.3) is 0 Å². The quantitative estimate of drug-likeness (QED) is 0.885. The first-order chi connectivity index (χ1) is 7.28. The highest BCUT2D eigenvalue weighted by molar-refractivity contribution is 7.92. The van der Waals surface area contributed by atoms with Gasteiger partial charge < -0.3 is 0 Å². The maximum atomic E-state index is 13.5. The van der Waals surface area contributed by atoms with Crippen LogP contribution in [0.2, 0.25) is 0 Å². The minimum absolute atomic E-state index is 0.00462. The molecule has 1 aromatic rings. The molecule has 1 aromatic carbocycles. The summed E-state index contributed by atoms with van der Waals surface area (Å²) in [7, 11) is -3.43. The van der Waals surface area contributed by atoms with Gasteiger partial charge in [0.15, 0.2) is 0 Å². The van der Waals surface area contributed by atoms with Gasteiger partial charge in [-0.05, 0) is 30.0 Å². The zero-order valence-electron chi connectivity index (χ0n) is 9.62. The van der Waals surface area contributed by atoms with Gasteiger partial charge in [-0.15, -0.1) is 0 Å². The van der Waals surface area contributed by atoms with E-state index in [1.807, 2.05) is 13.8 Å². The predicted molar refractivity (Wildman–Crippen MR) is 63.4 cm³/mol. The number of hydrogen-bond donors (Lipinski definition) is 1. The Hall–Kier alpha value is -1.10. The molecule has 1 N–H and O–H groups in total. The Morgan fingerprint density at radius 1 is 1.38 bits per heavy atom. The van der Waals surface area contributed by atoms with Gasteiger partial charge in [0, 0.05) is 0 Å². The molecule has 0 saturated heterocycles. The van der Waals surface area contributed by atoms with Crippen LogP contribution in [-0.4, -0.2) is 14.7 Å². The van der Waals surface area contributed by atoms with E-state index in [0.29, 0.717) is 5.92 Å². The molecule has 0 bridgehead atoms. The van der Waals surface area contributed by atoms with Crippen molar-refractivity contribution in [1.82, 2.24) is 0 Å². The van der Waals surface area contributed by atoms with Crippen LogP contribution in [0.3, 0.4) is 0 Å². The van der Waals surface area contributed by atoms with Crippen LogP contribution in [0.1, 0.15) is 19.4 Å². The van der Waals surface area contributed by atoms with Crippen molar-refractivity contribution in [3.8, 4) is 0 Å². The molecular formula is C11H16FNO2S. The summed E-state index contributed by atoms with van der Waals surface area (Å²) in [5, 5.41) is 0. The lowest BCUT2D eigenvalue weighted by Crippen LogP contribution is -2.11. The van der Waals surface area contributed by atoms with Gasteiger partial charge in [0.2, 0.25) is 10.0 Å². The van der Waals surface area contributed by atoms with E-state index in [1.165, 1.54) is 12.1 Å². The van der Waals surface area contributed by atoms with E-state index in [1.54, 1.807) is 6.07 Å². The number of nitrogens with one attached hydrogen (secondary N) is 1. The molecule has 0 aliphatic rings. The van der Waals surface area contributed by atoms with Crippen LogP contribution in [-0.2, 0) is 16.4 Å². The van der Waals surface area contributed by atoms with Gasteiger partial charge in [0.1, 0.15) is 5.82 Å². The van der Waals surface area contributed by atoms with Crippen LogP contribution in [0, 0.1) is 11.7 Å². The first-order valence-corrected chi connectivity index (χ1v) is 6.93. The maximum absolute atomic E-state index is 13.5. The second kappa shape index (κ2) is 4.82. The summed E-state index contributed by atoms with van der Waals surface area (Å²) < 4.78 is 37.5. The lowest BCUT2D eigenvalue weighted by atomic mass is 10.0. The molecule has 0 saturated carbocycles. The molecule has 5 heteroatoms. The molecule has 0 spiro atoms. The van der Waals surface area contributed by atoms with Crippen LogP contribution >= 0.6 is 0 Å². The lowest BCUT2D eigenvalue weighted by molar-refractivity contribution is 0.601. The molecule has 1 rings (SSSR count). The number of sulfonamides is 1. The largest absolute Gasteiger partial charge is 0.281 e. The first kappa shape index (κ1) is 13.0. The summed E-state index contributed by atoms with van der Waals surface area (Å²) in [6.45, 7) is 4.08. The van der Waals surface area contributed by atoms with Crippen molar-refractivity contribution in [1.29, 1.82) is 0 Å². The Bertz CT molecular complexity index is 469. The lowest BCUT2D eigenvalue weighted by Gasteiger charge is -2.08. The maximum Gasteiger partial charge on any atom is 0.229 e. The summed E-state index contributed by atoms with van der Waals surface area (Å²) in [4.78, 5) is 0. The van der Waals surface area contributed by atoms with Crippen molar-refractivity contribution in [2.75, 3.05) is 11.0 Å². The van der Waals surface area contributed by atoms with E-state index in [0.717, 1.165) is 18.2 Å². The fourth-order valence-electron chi connectivity index (χ4n) is 1.44. The molecule has 0 heterocycles. The van der Waals surface area contributed by atoms with Crippen LogP contribution in [0.5, 0.6) is 0 Å². The van der Waals surface area contributed by atoms with Crippen molar-refractivity contribution in [3.05, 3.63) is 29.6 Å². The second-order valence-electron chi connectivity index (χ2n) is 4.29. The molecule has 0 aromatic heterocycles. The summed E-state index contributed by atoms with van der Waals surface area (Å²) in [6.07, 6.45) is 1.77. The predicted octanol–water partition coefficient (Wildman–Crippen LogP) is 2.40. The standard InChI is InChI=1S/C11H16FNO2S/c1-8(2)6-9-4-5-11(10(12)7-9)13-16(3,14)15/h4-5,7-8,13H,6H2,1-3H3. The zero-order valence-corrected chi connectivity index (χ0v) is 10.4. The van der Waals surface area contributed by atoms with Crippen molar-refractivity contribution in [2.45, 2.75) is 20.3 Å². The molecule has 3 nitrogen and oxygen atoms in total. The average molecular weight is 245 g/mol. The van der Waals surface area contributed by atoms with E-state index in [9.17, 15) is 12.8 Å². The van der Waals surface area contributed by atoms with Gasteiger partial charge in [-0.1, -0.05) is 19.9 Å². The third kappa shape index (κ3) is 4.18. The third-order valence-corrected chi connectivity index (χ3v) is 2.56.